The quantitative estimate of drug-likeness (QED) is 0.782. The molecule has 0 fully saturated rings. The zero-order chi connectivity index (χ0) is 12.3. The molecule has 0 radical (unpaired) electrons. The van der Waals surface area contributed by atoms with Crippen molar-refractivity contribution in [3.8, 4) is 5.88 Å². The average molecular weight is 223 g/mol. The number of carbonyl (C=O) groups excluding carboxylic acids is 1. The highest BCUT2D eigenvalue weighted by molar-refractivity contribution is 5.95. The number of aryl methyl sites for hydroxylation is 1. The number of rotatable bonds is 4. The van der Waals surface area contributed by atoms with Crippen LogP contribution in [-0.2, 0) is 0 Å². The summed E-state index contributed by atoms with van der Waals surface area (Å²) in [5.74, 6) is -0.316. The largest absolute Gasteiger partial charge is 0.475 e. The van der Waals surface area contributed by atoms with Crippen molar-refractivity contribution in [1.82, 2.24) is 4.98 Å². The van der Waals surface area contributed by atoms with E-state index in [0.29, 0.717) is 0 Å². The Morgan fingerprint density at radius 1 is 1.50 bits per heavy atom. The molecule has 0 aliphatic heterocycles. The lowest BCUT2D eigenvalue weighted by molar-refractivity contribution is 0.0993. The highest BCUT2D eigenvalue weighted by atomic mass is 16.5. The van der Waals surface area contributed by atoms with Crippen LogP contribution in [0.4, 0.5) is 0 Å². The van der Waals surface area contributed by atoms with Gasteiger partial charge in [0.05, 0.1) is 0 Å². The van der Waals surface area contributed by atoms with Crippen molar-refractivity contribution in [2.75, 3.05) is 6.61 Å². The molecule has 1 aromatic rings. The van der Waals surface area contributed by atoms with Crippen molar-refractivity contribution in [3.63, 3.8) is 0 Å². The third-order valence-corrected chi connectivity index (χ3v) is 1.85. The van der Waals surface area contributed by atoms with E-state index in [0.717, 1.165) is 5.69 Å². The van der Waals surface area contributed by atoms with Crippen LogP contribution in [-0.4, -0.2) is 23.0 Å². The molecule has 0 aliphatic carbocycles. The number of primary amides is 1. The predicted octanol–water partition coefficient (Wildman–Crippen LogP) is 0.605. The molecule has 5 heteroatoms. The van der Waals surface area contributed by atoms with Gasteiger partial charge in [-0.25, -0.2) is 4.98 Å². The Hall–Kier alpha value is -1.62. The Kier molecular flexibility index (Phi) is 3.49. The molecule has 1 aromatic heterocycles. The van der Waals surface area contributed by atoms with Gasteiger partial charge in [-0.15, -0.1) is 0 Å². The summed E-state index contributed by atoms with van der Waals surface area (Å²) in [5.41, 5.74) is 11.5. The molecule has 1 amide bonds. The van der Waals surface area contributed by atoms with E-state index in [4.69, 9.17) is 16.2 Å². The van der Waals surface area contributed by atoms with E-state index in [9.17, 15) is 4.79 Å². The fourth-order valence-electron chi connectivity index (χ4n) is 1.08. The second-order valence-electron chi connectivity index (χ2n) is 4.45. The van der Waals surface area contributed by atoms with Gasteiger partial charge in [-0.3, -0.25) is 4.79 Å². The van der Waals surface area contributed by atoms with Gasteiger partial charge in [-0.2, -0.15) is 0 Å². The summed E-state index contributed by atoms with van der Waals surface area (Å²) >= 11 is 0. The number of carbonyl (C=O) groups is 1. The third-order valence-electron chi connectivity index (χ3n) is 1.85. The summed E-state index contributed by atoms with van der Waals surface area (Å²) in [6, 6.07) is 3.31. The number of nitrogens with two attached hydrogens (primary N) is 2. The summed E-state index contributed by atoms with van der Waals surface area (Å²) in [6.45, 7) is 5.73. The first-order valence-electron chi connectivity index (χ1n) is 4.99. The third kappa shape index (κ3) is 3.51. The van der Waals surface area contributed by atoms with Gasteiger partial charge in [-0.05, 0) is 32.9 Å². The second kappa shape index (κ2) is 4.49. The first kappa shape index (κ1) is 12.4. The van der Waals surface area contributed by atoms with Crippen molar-refractivity contribution in [2.24, 2.45) is 11.5 Å². The molecule has 0 saturated carbocycles. The monoisotopic (exact) mass is 223 g/mol. The van der Waals surface area contributed by atoms with E-state index < -0.39 is 11.4 Å². The van der Waals surface area contributed by atoms with Gasteiger partial charge < -0.3 is 16.2 Å². The normalized spacial score (nSPS) is 11.2. The first-order chi connectivity index (χ1) is 7.29. The maximum atomic E-state index is 11.1. The van der Waals surface area contributed by atoms with Gasteiger partial charge in [0.2, 0.25) is 5.88 Å². The summed E-state index contributed by atoms with van der Waals surface area (Å²) in [6.07, 6.45) is 0. The zero-order valence-corrected chi connectivity index (χ0v) is 9.78. The topological polar surface area (TPSA) is 91.2 Å². The molecule has 0 bridgehead atoms. The molecule has 0 aliphatic rings. The maximum absolute atomic E-state index is 11.1. The molecule has 5 nitrogen and oxygen atoms in total. The highest BCUT2D eigenvalue weighted by Crippen LogP contribution is 2.16. The van der Waals surface area contributed by atoms with Gasteiger partial charge in [0.1, 0.15) is 12.2 Å². The van der Waals surface area contributed by atoms with Gasteiger partial charge in [0.25, 0.3) is 5.91 Å². The SMILES string of the molecule is Cc1ccc(C(N)=O)c(OCC(C)(C)N)n1. The summed E-state index contributed by atoms with van der Waals surface area (Å²) < 4.78 is 5.41. The lowest BCUT2D eigenvalue weighted by atomic mass is 10.1. The van der Waals surface area contributed by atoms with E-state index in [-0.39, 0.29) is 18.1 Å². The van der Waals surface area contributed by atoms with Crippen LogP contribution >= 0.6 is 0 Å². The molecule has 0 spiro atoms. The van der Waals surface area contributed by atoms with Gasteiger partial charge in [0.15, 0.2) is 0 Å². The number of pyridine rings is 1. The molecule has 4 N–H and O–H groups in total. The van der Waals surface area contributed by atoms with Crippen LogP contribution in [0.25, 0.3) is 0 Å². The van der Waals surface area contributed by atoms with E-state index in [1.54, 1.807) is 12.1 Å². The van der Waals surface area contributed by atoms with E-state index >= 15 is 0 Å². The van der Waals surface area contributed by atoms with Crippen molar-refractivity contribution in [1.29, 1.82) is 0 Å². The highest BCUT2D eigenvalue weighted by Gasteiger charge is 2.16. The summed E-state index contributed by atoms with van der Waals surface area (Å²) in [5, 5.41) is 0. The molecule has 0 saturated heterocycles. The number of nitrogens with zero attached hydrogens (tertiary/aromatic N) is 1. The van der Waals surface area contributed by atoms with E-state index in [1.807, 2.05) is 20.8 Å². The van der Waals surface area contributed by atoms with Crippen LogP contribution in [0, 0.1) is 6.92 Å². The molecule has 88 valence electrons. The second-order valence-corrected chi connectivity index (χ2v) is 4.45. The minimum atomic E-state index is -0.558. The number of amides is 1. The van der Waals surface area contributed by atoms with Crippen molar-refractivity contribution < 1.29 is 9.53 Å². The molecule has 0 atom stereocenters. The van der Waals surface area contributed by atoms with Crippen molar-refractivity contribution >= 4 is 5.91 Å². The van der Waals surface area contributed by atoms with Crippen LogP contribution in [0.2, 0.25) is 0 Å². The molecule has 0 aromatic carbocycles. The first-order valence-corrected chi connectivity index (χ1v) is 4.99. The Morgan fingerprint density at radius 3 is 2.62 bits per heavy atom. The fourth-order valence-corrected chi connectivity index (χ4v) is 1.08. The number of hydrogen-bond acceptors (Lipinski definition) is 4. The fraction of sp³-hybridized carbons (Fsp3) is 0.455. The molecule has 16 heavy (non-hydrogen) atoms. The van der Waals surface area contributed by atoms with Crippen LogP contribution < -0.4 is 16.2 Å². The van der Waals surface area contributed by atoms with E-state index in [1.165, 1.54) is 0 Å². The van der Waals surface area contributed by atoms with Crippen LogP contribution in [0.1, 0.15) is 29.9 Å². The standard InChI is InChI=1S/C11H17N3O2/c1-7-4-5-8(9(12)15)10(14-7)16-6-11(2,3)13/h4-5H,6,13H2,1-3H3,(H2,12,15). The Bertz CT molecular complexity index is 397. The maximum Gasteiger partial charge on any atom is 0.254 e. The summed E-state index contributed by atoms with van der Waals surface area (Å²) in [7, 11) is 0. The number of aromatic nitrogens is 1. The lowest BCUT2D eigenvalue weighted by Crippen LogP contribution is -2.39. The summed E-state index contributed by atoms with van der Waals surface area (Å²) in [4.78, 5) is 15.2. The average Bonchev–Trinajstić information content (AvgIpc) is 2.13. The van der Waals surface area contributed by atoms with Crippen LogP contribution in [0.5, 0.6) is 5.88 Å². The molecule has 1 rings (SSSR count). The van der Waals surface area contributed by atoms with Crippen LogP contribution in [0.3, 0.4) is 0 Å². The smallest absolute Gasteiger partial charge is 0.254 e. The Morgan fingerprint density at radius 2 is 2.12 bits per heavy atom. The molecular weight excluding hydrogens is 206 g/mol. The predicted molar refractivity (Wildman–Crippen MR) is 61.3 cm³/mol. The van der Waals surface area contributed by atoms with Crippen molar-refractivity contribution in [3.05, 3.63) is 23.4 Å². The van der Waals surface area contributed by atoms with Gasteiger partial charge in [0, 0.05) is 11.2 Å². The van der Waals surface area contributed by atoms with Crippen molar-refractivity contribution in [2.45, 2.75) is 26.3 Å². The minimum absolute atomic E-state index is 0.242. The van der Waals surface area contributed by atoms with Gasteiger partial charge >= 0.3 is 0 Å². The Balaban J connectivity index is 2.93. The van der Waals surface area contributed by atoms with Crippen LogP contribution in [0.15, 0.2) is 12.1 Å². The molecule has 1 heterocycles. The number of hydrogen-bond donors (Lipinski definition) is 2. The zero-order valence-electron chi connectivity index (χ0n) is 9.78. The number of ether oxygens (including phenoxy) is 1. The van der Waals surface area contributed by atoms with Gasteiger partial charge in [-0.1, -0.05) is 0 Å². The molecular formula is C11H17N3O2. The van der Waals surface area contributed by atoms with E-state index in [2.05, 4.69) is 4.98 Å². The Labute approximate surface area is 94.8 Å². The molecule has 0 unspecified atom stereocenters. The minimum Gasteiger partial charge on any atom is -0.475 e. The lowest BCUT2D eigenvalue weighted by Gasteiger charge is -2.19.